The smallest absolute Gasteiger partial charge is 0.187 e. The summed E-state index contributed by atoms with van der Waals surface area (Å²) in [6.45, 7) is 7.50. The fourth-order valence-electron chi connectivity index (χ4n) is 6.77. The van der Waals surface area contributed by atoms with Gasteiger partial charge in [0.25, 0.3) is 0 Å². The molecule has 0 unspecified atom stereocenters. The van der Waals surface area contributed by atoms with Gasteiger partial charge in [-0.05, 0) is 107 Å². The minimum atomic E-state index is 0.636. The summed E-state index contributed by atoms with van der Waals surface area (Å²) in [4.78, 5) is 3.65. The third-order valence-electron chi connectivity index (χ3n) is 8.87. The van der Waals surface area contributed by atoms with E-state index in [1.807, 2.05) is 36.4 Å². The molecule has 0 saturated heterocycles. The molecule has 8 aromatic rings. The van der Waals surface area contributed by atoms with Gasteiger partial charge < -0.3 is 0 Å². The lowest BCUT2D eigenvalue weighted by molar-refractivity contribution is 1.48. The van der Waals surface area contributed by atoms with Gasteiger partial charge in [-0.1, -0.05) is 127 Å². The molecule has 8 aromatic carbocycles. The first kappa shape index (κ1) is 27.1. The Morgan fingerprint density at radius 2 is 0.848 bits per heavy atom. The van der Waals surface area contributed by atoms with Gasteiger partial charge in [-0.3, -0.25) is 0 Å². The molecule has 212 valence electrons. The molecule has 0 N–H and O–H groups in total. The second-order valence-corrected chi connectivity index (χ2v) is 11.5. The highest BCUT2D eigenvalue weighted by Gasteiger charge is 2.18. The normalized spacial score (nSPS) is 11.0. The summed E-state index contributed by atoms with van der Waals surface area (Å²) in [5, 5.41) is 16.8. The van der Waals surface area contributed by atoms with Crippen molar-refractivity contribution < 1.29 is 0 Å². The fraction of sp³-hybridized carbons (Fsp3) is 0. The Labute approximate surface area is 267 Å². The first-order chi connectivity index (χ1) is 22.7. The zero-order valence-electron chi connectivity index (χ0n) is 24.9. The summed E-state index contributed by atoms with van der Waals surface area (Å²) >= 11 is 0. The molecule has 2 heteroatoms. The van der Waals surface area contributed by atoms with Crippen LogP contribution in [0.25, 0.3) is 81.7 Å². The maximum Gasteiger partial charge on any atom is 0.187 e. The zero-order chi connectivity index (χ0) is 31.0. The fourth-order valence-corrected chi connectivity index (χ4v) is 6.77. The number of nitrogens with zero attached hydrogens (tertiary/aromatic N) is 2. The van der Waals surface area contributed by atoms with E-state index < -0.39 is 0 Å². The maximum absolute atomic E-state index is 9.51. The standard InChI is InChI=1S/C44H26N2/c1-46-36-17-9-14-33(27-36)32-13-8-16-35(26-32)38-23-22-37(34-15-7-12-31(25-34)30-11-6-10-29(24-30)28-45)43-41-20-4-2-18-39(41)40-19-3-5-21-42(40)44(38)43/h2-27H. The summed E-state index contributed by atoms with van der Waals surface area (Å²) in [6, 6.07) is 57.1. The molecule has 0 aromatic heterocycles. The van der Waals surface area contributed by atoms with Crippen molar-refractivity contribution in [1.82, 2.24) is 0 Å². The second kappa shape index (κ2) is 11.2. The van der Waals surface area contributed by atoms with Crippen molar-refractivity contribution in [2.24, 2.45) is 0 Å². The molecular weight excluding hydrogens is 556 g/mol. The predicted octanol–water partition coefficient (Wildman–Crippen LogP) is 12.2. The van der Waals surface area contributed by atoms with Gasteiger partial charge in [0.05, 0.1) is 18.2 Å². The average molecular weight is 583 g/mol. The molecule has 0 radical (unpaired) electrons. The van der Waals surface area contributed by atoms with Crippen LogP contribution in [0.15, 0.2) is 158 Å². The van der Waals surface area contributed by atoms with Gasteiger partial charge in [-0.25, -0.2) is 4.85 Å². The van der Waals surface area contributed by atoms with Crippen LogP contribution in [0.1, 0.15) is 5.56 Å². The third kappa shape index (κ3) is 4.58. The minimum absolute atomic E-state index is 0.636. The lowest BCUT2D eigenvalue weighted by atomic mass is 9.84. The first-order valence-corrected chi connectivity index (χ1v) is 15.3. The molecule has 0 bridgehead atoms. The van der Waals surface area contributed by atoms with Crippen LogP contribution in [0.5, 0.6) is 0 Å². The van der Waals surface area contributed by atoms with Crippen LogP contribution in [-0.2, 0) is 0 Å². The Bertz CT molecular complexity index is 2380. The van der Waals surface area contributed by atoms with Crippen molar-refractivity contribution in [1.29, 1.82) is 5.26 Å². The number of benzene rings is 8. The van der Waals surface area contributed by atoms with Crippen molar-refractivity contribution in [2.75, 3.05) is 0 Å². The van der Waals surface area contributed by atoms with Gasteiger partial charge in [0.2, 0.25) is 0 Å². The molecule has 46 heavy (non-hydrogen) atoms. The van der Waals surface area contributed by atoms with Crippen LogP contribution in [-0.4, -0.2) is 0 Å². The van der Waals surface area contributed by atoms with E-state index in [-0.39, 0.29) is 0 Å². The number of nitriles is 1. The lowest BCUT2D eigenvalue weighted by Crippen LogP contribution is -1.91. The average Bonchev–Trinajstić information content (AvgIpc) is 3.14. The quantitative estimate of drug-likeness (QED) is 0.150. The summed E-state index contributed by atoms with van der Waals surface area (Å²) in [7, 11) is 0. The van der Waals surface area contributed by atoms with Crippen molar-refractivity contribution in [3.63, 3.8) is 0 Å². The second-order valence-electron chi connectivity index (χ2n) is 11.5. The Balaban J connectivity index is 1.43. The van der Waals surface area contributed by atoms with Gasteiger partial charge in [0, 0.05) is 0 Å². The molecule has 0 saturated carbocycles. The molecule has 0 amide bonds. The topological polar surface area (TPSA) is 28.1 Å². The van der Waals surface area contributed by atoms with Gasteiger partial charge in [-0.2, -0.15) is 5.26 Å². The molecule has 0 atom stereocenters. The largest absolute Gasteiger partial charge is 0.238 e. The summed E-state index contributed by atoms with van der Waals surface area (Å²) in [5.41, 5.74) is 10.1. The van der Waals surface area contributed by atoms with Crippen molar-refractivity contribution in [2.45, 2.75) is 0 Å². The first-order valence-electron chi connectivity index (χ1n) is 15.3. The van der Waals surface area contributed by atoms with Gasteiger partial charge in [0.15, 0.2) is 5.69 Å². The highest BCUT2D eigenvalue weighted by Crippen LogP contribution is 2.45. The van der Waals surface area contributed by atoms with E-state index in [1.165, 1.54) is 43.4 Å². The molecule has 0 aliphatic heterocycles. The zero-order valence-corrected chi connectivity index (χ0v) is 24.9. The third-order valence-corrected chi connectivity index (χ3v) is 8.87. The highest BCUT2D eigenvalue weighted by atomic mass is 14.6. The van der Waals surface area contributed by atoms with E-state index in [0.29, 0.717) is 11.3 Å². The van der Waals surface area contributed by atoms with Crippen molar-refractivity contribution in [3.05, 3.63) is 175 Å². The number of hydrogen-bond acceptors (Lipinski definition) is 1. The van der Waals surface area contributed by atoms with Crippen LogP contribution in [0.4, 0.5) is 5.69 Å². The lowest BCUT2D eigenvalue weighted by Gasteiger charge is -2.19. The van der Waals surface area contributed by atoms with E-state index in [2.05, 4.69) is 132 Å². The SMILES string of the molecule is [C-]#[N+]c1cccc(-c2cccc(-c3ccc(-c4cccc(-c5cccc(C#N)c5)c4)c4c5ccccc5c5ccccc5c34)c2)c1. The summed E-state index contributed by atoms with van der Waals surface area (Å²) in [5.74, 6) is 0. The Hall–Kier alpha value is -6.48. The van der Waals surface area contributed by atoms with Crippen LogP contribution in [0.3, 0.4) is 0 Å². The van der Waals surface area contributed by atoms with Gasteiger partial charge in [0.1, 0.15) is 0 Å². The summed E-state index contributed by atoms with van der Waals surface area (Å²) < 4.78 is 0. The van der Waals surface area contributed by atoms with E-state index in [0.717, 1.165) is 33.4 Å². The van der Waals surface area contributed by atoms with E-state index in [4.69, 9.17) is 6.57 Å². The monoisotopic (exact) mass is 582 g/mol. The van der Waals surface area contributed by atoms with Gasteiger partial charge in [-0.15, -0.1) is 0 Å². The van der Waals surface area contributed by atoms with Crippen LogP contribution in [0.2, 0.25) is 0 Å². The molecule has 0 aliphatic carbocycles. The Kier molecular flexibility index (Phi) is 6.61. The molecule has 0 spiro atoms. The predicted molar refractivity (Wildman–Crippen MR) is 192 cm³/mol. The van der Waals surface area contributed by atoms with Crippen molar-refractivity contribution in [3.8, 4) is 50.6 Å². The van der Waals surface area contributed by atoms with Crippen LogP contribution >= 0.6 is 0 Å². The van der Waals surface area contributed by atoms with Crippen LogP contribution < -0.4 is 0 Å². The molecule has 0 fully saturated rings. The van der Waals surface area contributed by atoms with E-state index >= 15 is 0 Å². The van der Waals surface area contributed by atoms with E-state index in [1.54, 1.807) is 0 Å². The minimum Gasteiger partial charge on any atom is -0.238 e. The molecular formula is C44H26N2. The van der Waals surface area contributed by atoms with Crippen molar-refractivity contribution >= 4 is 38.0 Å². The maximum atomic E-state index is 9.51. The Morgan fingerprint density at radius 3 is 1.37 bits per heavy atom. The number of hydrogen-bond donors (Lipinski definition) is 0. The van der Waals surface area contributed by atoms with E-state index in [9.17, 15) is 5.26 Å². The molecule has 0 heterocycles. The van der Waals surface area contributed by atoms with Gasteiger partial charge >= 0.3 is 0 Å². The number of rotatable bonds is 4. The molecule has 2 nitrogen and oxygen atoms in total. The highest BCUT2D eigenvalue weighted by molar-refractivity contribution is 6.31. The summed E-state index contributed by atoms with van der Waals surface area (Å²) in [6.07, 6.45) is 0. The number of fused-ring (bicyclic) bond motifs is 6. The Morgan fingerprint density at radius 1 is 0.413 bits per heavy atom. The molecule has 0 aliphatic rings. The van der Waals surface area contributed by atoms with Crippen LogP contribution in [0, 0.1) is 17.9 Å². The molecule has 8 rings (SSSR count).